The summed E-state index contributed by atoms with van der Waals surface area (Å²) in [6, 6.07) is 3.17. The summed E-state index contributed by atoms with van der Waals surface area (Å²) in [6.45, 7) is 1.63. The fourth-order valence-electron chi connectivity index (χ4n) is 2.27. The molecule has 0 saturated carbocycles. The number of nitrogens with zero attached hydrogens (tertiary/aromatic N) is 2. The van der Waals surface area contributed by atoms with Gasteiger partial charge in [0.1, 0.15) is 5.82 Å². The highest BCUT2D eigenvalue weighted by atomic mass is 19.1. The van der Waals surface area contributed by atoms with E-state index in [-0.39, 0.29) is 24.2 Å². The fourth-order valence-corrected chi connectivity index (χ4v) is 2.27. The second kappa shape index (κ2) is 6.59. The Kier molecular flexibility index (Phi) is 4.81. The summed E-state index contributed by atoms with van der Waals surface area (Å²) in [5, 5.41) is 13.1. The molecule has 1 aromatic carbocycles. The molecule has 1 aliphatic rings. The van der Waals surface area contributed by atoms with Crippen LogP contribution in [0.3, 0.4) is 0 Å². The third kappa shape index (κ3) is 4.47. The van der Waals surface area contributed by atoms with Gasteiger partial charge in [0.2, 0.25) is 5.91 Å². The lowest BCUT2D eigenvalue weighted by molar-refractivity contribution is -0.385. The molecule has 0 radical (unpaired) electrons. The molecule has 0 aromatic heterocycles. The topological polar surface area (TPSA) is 102 Å². The van der Waals surface area contributed by atoms with Gasteiger partial charge >= 0.3 is 0 Å². The zero-order chi connectivity index (χ0) is 15.4. The van der Waals surface area contributed by atoms with Crippen molar-refractivity contribution in [2.45, 2.75) is 18.9 Å². The number of likely N-dealkylation sites (tertiary alicyclic amines) is 1. The van der Waals surface area contributed by atoms with Crippen LogP contribution in [0.4, 0.5) is 15.8 Å². The van der Waals surface area contributed by atoms with Crippen molar-refractivity contribution in [2.75, 3.05) is 25.0 Å². The number of nitrogens with two attached hydrogens (primary N) is 1. The number of halogens is 1. The van der Waals surface area contributed by atoms with Crippen molar-refractivity contribution >= 4 is 17.3 Å². The van der Waals surface area contributed by atoms with Crippen LogP contribution in [0.5, 0.6) is 0 Å². The molecule has 0 aliphatic carbocycles. The van der Waals surface area contributed by atoms with Crippen molar-refractivity contribution in [3.8, 4) is 0 Å². The first-order valence-corrected chi connectivity index (χ1v) is 6.67. The second-order valence-electron chi connectivity index (χ2n) is 5.12. The number of hydrogen-bond donors (Lipinski definition) is 2. The van der Waals surface area contributed by atoms with Crippen LogP contribution in [-0.2, 0) is 4.79 Å². The van der Waals surface area contributed by atoms with Crippen molar-refractivity contribution in [2.24, 2.45) is 5.73 Å². The number of hydrogen-bond acceptors (Lipinski definition) is 5. The monoisotopic (exact) mass is 296 g/mol. The first-order valence-electron chi connectivity index (χ1n) is 6.67. The Balaban J connectivity index is 1.95. The molecule has 1 saturated heterocycles. The van der Waals surface area contributed by atoms with E-state index in [0.717, 1.165) is 44.1 Å². The van der Waals surface area contributed by atoms with E-state index in [1.54, 1.807) is 0 Å². The maximum absolute atomic E-state index is 13.3. The highest BCUT2D eigenvalue weighted by molar-refractivity contribution is 5.92. The normalized spacial score (nSPS) is 16.7. The van der Waals surface area contributed by atoms with Crippen LogP contribution in [0.2, 0.25) is 0 Å². The maximum Gasteiger partial charge on any atom is 0.274 e. The van der Waals surface area contributed by atoms with Gasteiger partial charge in [-0.1, -0.05) is 0 Å². The Labute approximate surface area is 121 Å². The zero-order valence-electron chi connectivity index (χ0n) is 11.4. The van der Waals surface area contributed by atoms with Crippen LogP contribution in [0.15, 0.2) is 18.2 Å². The average Bonchev–Trinajstić information content (AvgIpc) is 2.40. The number of anilines is 1. The van der Waals surface area contributed by atoms with Gasteiger partial charge in [-0.3, -0.25) is 19.8 Å². The van der Waals surface area contributed by atoms with Gasteiger partial charge in [-0.15, -0.1) is 0 Å². The summed E-state index contributed by atoms with van der Waals surface area (Å²) in [4.78, 5) is 23.8. The van der Waals surface area contributed by atoms with E-state index in [2.05, 4.69) is 5.32 Å². The molecule has 114 valence electrons. The number of rotatable bonds is 4. The van der Waals surface area contributed by atoms with E-state index in [0.29, 0.717) is 0 Å². The Hall–Kier alpha value is -2.06. The predicted molar refractivity (Wildman–Crippen MR) is 75.3 cm³/mol. The molecule has 7 nitrogen and oxygen atoms in total. The van der Waals surface area contributed by atoms with Crippen LogP contribution in [-0.4, -0.2) is 41.4 Å². The fraction of sp³-hybridized carbons (Fsp3) is 0.462. The largest absolute Gasteiger partial charge is 0.328 e. The highest BCUT2D eigenvalue weighted by Gasteiger charge is 2.19. The lowest BCUT2D eigenvalue weighted by atomic mass is 10.1. The van der Waals surface area contributed by atoms with Gasteiger partial charge in [0.25, 0.3) is 5.69 Å². The molecule has 1 fully saturated rings. The highest BCUT2D eigenvalue weighted by Crippen LogP contribution is 2.20. The number of nitro groups is 1. The number of carbonyl (C=O) groups is 1. The summed E-state index contributed by atoms with van der Waals surface area (Å²) in [6.07, 6.45) is 1.66. The second-order valence-corrected chi connectivity index (χ2v) is 5.12. The Bertz CT molecular complexity index is 544. The summed E-state index contributed by atoms with van der Waals surface area (Å²) < 4.78 is 13.3. The molecule has 1 heterocycles. The Morgan fingerprint density at radius 1 is 1.43 bits per heavy atom. The number of amides is 1. The molecule has 21 heavy (non-hydrogen) atoms. The number of nitro benzene ring substituents is 1. The van der Waals surface area contributed by atoms with E-state index < -0.39 is 16.4 Å². The Morgan fingerprint density at radius 2 is 2.10 bits per heavy atom. The molecular weight excluding hydrogens is 279 g/mol. The van der Waals surface area contributed by atoms with Gasteiger partial charge in [0, 0.05) is 25.2 Å². The molecule has 0 unspecified atom stereocenters. The summed E-state index contributed by atoms with van der Waals surface area (Å²) in [5.74, 6) is -1.09. The van der Waals surface area contributed by atoms with Crippen molar-refractivity contribution in [1.29, 1.82) is 0 Å². The van der Waals surface area contributed by atoms with Crippen molar-refractivity contribution in [1.82, 2.24) is 4.90 Å². The van der Waals surface area contributed by atoms with Gasteiger partial charge in [-0.2, -0.15) is 0 Å². The minimum Gasteiger partial charge on any atom is -0.328 e. The SMILES string of the molecule is NC1CCN(CC(=O)Nc2cc(F)cc([N+](=O)[O-])c2)CC1. The van der Waals surface area contributed by atoms with Crippen LogP contribution >= 0.6 is 0 Å². The molecule has 0 atom stereocenters. The average molecular weight is 296 g/mol. The molecule has 0 spiro atoms. The van der Waals surface area contributed by atoms with Gasteiger partial charge in [-0.25, -0.2) is 4.39 Å². The molecule has 3 N–H and O–H groups in total. The van der Waals surface area contributed by atoms with Crippen LogP contribution in [0, 0.1) is 15.9 Å². The van der Waals surface area contributed by atoms with Gasteiger partial charge in [0.05, 0.1) is 23.2 Å². The van der Waals surface area contributed by atoms with E-state index in [4.69, 9.17) is 5.73 Å². The van der Waals surface area contributed by atoms with Crippen molar-refractivity contribution in [3.63, 3.8) is 0 Å². The molecule has 1 aromatic rings. The summed E-state index contributed by atoms with van der Waals surface area (Å²) in [5.41, 5.74) is 5.47. The zero-order valence-corrected chi connectivity index (χ0v) is 11.4. The minimum absolute atomic E-state index is 0.0837. The quantitative estimate of drug-likeness (QED) is 0.640. The lowest BCUT2D eigenvalue weighted by Gasteiger charge is -2.29. The first kappa shape index (κ1) is 15.3. The number of benzene rings is 1. The number of non-ortho nitro benzene ring substituents is 1. The molecule has 0 bridgehead atoms. The van der Waals surface area contributed by atoms with Crippen LogP contribution < -0.4 is 11.1 Å². The van der Waals surface area contributed by atoms with Gasteiger partial charge < -0.3 is 11.1 Å². The van der Waals surface area contributed by atoms with E-state index in [9.17, 15) is 19.3 Å². The van der Waals surface area contributed by atoms with Crippen molar-refractivity contribution < 1.29 is 14.1 Å². The summed E-state index contributed by atoms with van der Waals surface area (Å²) >= 11 is 0. The molecule has 1 aliphatic heterocycles. The van der Waals surface area contributed by atoms with Crippen molar-refractivity contribution in [3.05, 3.63) is 34.1 Å². The Morgan fingerprint density at radius 3 is 2.71 bits per heavy atom. The third-order valence-corrected chi connectivity index (χ3v) is 3.38. The molecule has 1 amide bonds. The van der Waals surface area contributed by atoms with Gasteiger partial charge in [0.15, 0.2) is 0 Å². The van der Waals surface area contributed by atoms with E-state index >= 15 is 0 Å². The predicted octanol–water partition coefficient (Wildman–Crippen LogP) is 1.10. The van der Waals surface area contributed by atoms with Gasteiger partial charge in [-0.05, 0) is 18.9 Å². The summed E-state index contributed by atoms with van der Waals surface area (Å²) in [7, 11) is 0. The molecule has 8 heteroatoms. The number of piperidine rings is 1. The smallest absolute Gasteiger partial charge is 0.274 e. The van der Waals surface area contributed by atoms with E-state index in [1.165, 1.54) is 0 Å². The molecule has 2 rings (SSSR count). The van der Waals surface area contributed by atoms with E-state index in [1.807, 2.05) is 4.90 Å². The minimum atomic E-state index is -0.761. The molecular formula is C13H17FN4O3. The first-order chi connectivity index (χ1) is 9.94. The number of carbonyl (C=O) groups excluding carboxylic acids is 1. The standard InChI is InChI=1S/C13H17FN4O3/c14-9-5-11(7-12(6-9)18(20)21)16-13(19)8-17-3-1-10(15)2-4-17/h5-7,10H,1-4,8,15H2,(H,16,19). The maximum atomic E-state index is 13.3. The van der Waals surface area contributed by atoms with Crippen LogP contribution in [0.25, 0.3) is 0 Å². The van der Waals surface area contributed by atoms with Crippen LogP contribution in [0.1, 0.15) is 12.8 Å². The lowest BCUT2D eigenvalue weighted by Crippen LogP contribution is -2.43. The number of nitrogens with one attached hydrogen (secondary N) is 1. The third-order valence-electron chi connectivity index (χ3n) is 3.38.